The number of hydrogen-bond acceptors (Lipinski definition) is 7. The fourth-order valence-corrected chi connectivity index (χ4v) is 4.86. The number of ether oxygens (including phenoxy) is 2. The number of nitrogens with one attached hydrogen (secondary N) is 1. The van der Waals surface area contributed by atoms with Crippen LogP contribution in [0.15, 0.2) is 53.4 Å². The molecular formula is C23H25N3O6S. The van der Waals surface area contributed by atoms with Gasteiger partial charge >= 0.3 is 11.9 Å². The molecule has 0 fully saturated rings. The standard InChI is InChI=1S/C23H25N3O6S/c1-5-31-22(27)17-12-13-19(23(28)32-6-2)20(14-17)25-33(29,30)21-15(3)24-26(16(21)4)18-10-8-7-9-11-18/h7-14,25H,5-6H2,1-4H3. The van der Waals surface area contributed by atoms with E-state index < -0.39 is 22.0 Å². The first-order chi connectivity index (χ1) is 15.7. The SMILES string of the molecule is CCOC(=O)c1ccc(C(=O)OCC)c(NS(=O)(=O)c2c(C)nn(-c3ccccc3)c2C)c1. The first-order valence-electron chi connectivity index (χ1n) is 10.3. The van der Waals surface area contributed by atoms with Crippen LogP contribution in [0.2, 0.25) is 0 Å². The highest BCUT2D eigenvalue weighted by Gasteiger charge is 2.27. The molecule has 10 heteroatoms. The lowest BCUT2D eigenvalue weighted by Gasteiger charge is -2.14. The highest BCUT2D eigenvalue weighted by atomic mass is 32.2. The topological polar surface area (TPSA) is 117 Å². The quantitative estimate of drug-likeness (QED) is 0.499. The van der Waals surface area contributed by atoms with Crippen LogP contribution in [-0.2, 0) is 19.5 Å². The van der Waals surface area contributed by atoms with Gasteiger partial charge in [-0.1, -0.05) is 18.2 Å². The molecule has 0 atom stereocenters. The second-order valence-electron chi connectivity index (χ2n) is 7.05. The van der Waals surface area contributed by atoms with E-state index in [2.05, 4.69) is 9.82 Å². The summed E-state index contributed by atoms with van der Waals surface area (Å²) in [6, 6.07) is 13.1. The predicted octanol–water partition coefficient (Wildman–Crippen LogP) is 3.64. The molecule has 0 aliphatic carbocycles. The zero-order valence-electron chi connectivity index (χ0n) is 18.8. The fourth-order valence-electron chi connectivity index (χ4n) is 3.39. The average Bonchev–Trinajstić information content (AvgIpc) is 3.09. The molecule has 3 rings (SSSR count). The van der Waals surface area contributed by atoms with Crippen LogP contribution in [0.25, 0.3) is 5.69 Å². The molecule has 0 bridgehead atoms. The van der Waals surface area contributed by atoms with E-state index >= 15 is 0 Å². The number of carbonyl (C=O) groups excluding carboxylic acids is 2. The maximum absolute atomic E-state index is 13.4. The molecule has 3 aromatic rings. The van der Waals surface area contributed by atoms with E-state index in [-0.39, 0.29) is 40.6 Å². The van der Waals surface area contributed by atoms with Crippen molar-refractivity contribution in [3.63, 3.8) is 0 Å². The van der Waals surface area contributed by atoms with Crippen molar-refractivity contribution in [3.8, 4) is 5.69 Å². The number of nitrogens with zero attached hydrogens (tertiary/aromatic N) is 2. The molecule has 0 spiro atoms. The Labute approximate surface area is 192 Å². The summed E-state index contributed by atoms with van der Waals surface area (Å²) in [6.45, 7) is 6.78. The summed E-state index contributed by atoms with van der Waals surface area (Å²) < 4.78 is 40.8. The number of benzene rings is 2. The van der Waals surface area contributed by atoms with Crippen LogP contribution in [-0.4, -0.2) is 43.4 Å². The number of para-hydroxylation sites is 1. The van der Waals surface area contributed by atoms with Crippen molar-refractivity contribution in [3.05, 3.63) is 71.0 Å². The van der Waals surface area contributed by atoms with Crippen LogP contribution in [0.4, 0.5) is 5.69 Å². The molecule has 0 saturated heterocycles. The van der Waals surface area contributed by atoms with Crippen LogP contribution in [0, 0.1) is 13.8 Å². The van der Waals surface area contributed by atoms with Gasteiger partial charge in [0.15, 0.2) is 0 Å². The van der Waals surface area contributed by atoms with Gasteiger partial charge in [0.25, 0.3) is 10.0 Å². The molecule has 2 aromatic carbocycles. The zero-order chi connectivity index (χ0) is 24.2. The van der Waals surface area contributed by atoms with E-state index in [1.54, 1.807) is 27.7 Å². The molecule has 174 valence electrons. The van der Waals surface area contributed by atoms with Crippen molar-refractivity contribution in [2.24, 2.45) is 0 Å². The van der Waals surface area contributed by atoms with E-state index in [9.17, 15) is 18.0 Å². The maximum atomic E-state index is 13.4. The predicted molar refractivity (Wildman–Crippen MR) is 122 cm³/mol. The highest BCUT2D eigenvalue weighted by Crippen LogP contribution is 2.27. The molecule has 0 saturated carbocycles. The lowest BCUT2D eigenvalue weighted by Crippen LogP contribution is -2.19. The minimum atomic E-state index is -4.18. The number of sulfonamides is 1. The first-order valence-corrected chi connectivity index (χ1v) is 11.8. The molecule has 1 N–H and O–H groups in total. The number of aromatic nitrogens is 2. The molecular weight excluding hydrogens is 446 g/mol. The summed E-state index contributed by atoms with van der Waals surface area (Å²) in [6.07, 6.45) is 0. The van der Waals surface area contributed by atoms with Gasteiger partial charge in [0.2, 0.25) is 0 Å². The van der Waals surface area contributed by atoms with Gasteiger partial charge in [0.1, 0.15) is 4.90 Å². The van der Waals surface area contributed by atoms with Crippen molar-refractivity contribution in [2.75, 3.05) is 17.9 Å². The Hall–Kier alpha value is -3.66. The summed E-state index contributed by atoms with van der Waals surface area (Å²) in [5, 5.41) is 4.38. The van der Waals surface area contributed by atoms with Gasteiger partial charge in [0.05, 0.1) is 47.1 Å². The number of anilines is 1. The summed E-state index contributed by atoms with van der Waals surface area (Å²) in [7, 11) is -4.18. The van der Waals surface area contributed by atoms with Gasteiger partial charge in [-0.05, 0) is 58.0 Å². The Morgan fingerprint density at radius 1 is 0.970 bits per heavy atom. The van der Waals surface area contributed by atoms with Crippen molar-refractivity contribution in [2.45, 2.75) is 32.6 Å². The van der Waals surface area contributed by atoms with Crippen LogP contribution >= 0.6 is 0 Å². The normalized spacial score (nSPS) is 11.2. The first kappa shape index (κ1) is 24.0. The van der Waals surface area contributed by atoms with Gasteiger partial charge in [-0.15, -0.1) is 0 Å². The van der Waals surface area contributed by atoms with Gasteiger partial charge in [0, 0.05) is 0 Å². The zero-order valence-corrected chi connectivity index (χ0v) is 19.6. The molecule has 0 amide bonds. The fraction of sp³-hybridized carbons (Fsp3) is 0.261. The largest absolute Gasteiger partial charge is 0.462 e. The maximum Gasteiger partial charge on any atom is 0.340 e. The third kappa shape index (κ3) is 5.06. The van der Waals surface area contributed by atoms with E-state index in [1.807, 2.05) is 30.3 Å². The van der Waals surface area contributed by atoms with E-state index in [1.165, 1.54) is 22.9 Å². The van der Waals surface area contributed by atoms with Crippen LogP contribution in [0.5, 0.6) is 0 Å². The number of aryl methyl sites for hydroxylation is 1. The van der Waals surface area contributed by atoms with E-state index in [0.29, 0.717) is 11.4 Å². The highest BCUT2D eigenvalue weighted by molar-refractivity contribution is 7.92. The van der Waals surface area contributed by atoms with Crippen LogP contribution < -0.4 is 4.72 Å². The Balaban J connectivity index is 2.08. The van der Waals surface area contributed by atoms with Crippen molar-refractivity contribution >= 4 is 27.6 Å². The van der Waals surface area contributed by atoms with Crippen molar-refractivity contribution in [1.29, 1.82) is 0 Å². The Kier molecular flexibility index (Phi) is 7.17. The van der Waals surface area contributed by atoms with Crippen molar-refractivity contribution < 1.29 is 27.5 Å². The monoisotopic (exact) mass is 471 g/mol. The summed E-state index contributed by atoms with van der Waals surface area (Å²) in [5.74, 6) is -1.36. The van der Waals surface area contributed by atoms with Gasteiger partial charge in [-0.25, -0.2) is 22.7 Å². The number of hydrogen-bond donors (Lipinski definition) is 1. The molecule has 0 aliphatic rings. The minimum Gasteiger partial charge on any atom is -0.462 e. The lowest BCUT2D eigenvalue weighted by atomic mass is 10.1. The third-order valence-electron chi connectivity index (χ3n) is 4.76. The summed E-state index contributed by atoms with van der Waals surface area (Å²) in [5.41, 5.74) is 1.35. The van der Waals surface area contributed by atoms with Gasteiger partial charge in [-0.3, -0.25) is 4.72 Å². The van der Waals surface area contributed by atoms with E-state index in [0.717, 1.165) is 0 Å². The summed E-state index contributed by atoms with van der Waals surface area (Å²) in [4.78, 5) is 24.6. The second kappa shape index (κ2) is 9.86. The number of rotatable bonds is 8. The third-order valence-corrected chi connectivity index (χ3v) is 6.38. The average molecular weight is 472 g/mol. The molecule has 1 heterocycles. The Morgan fingerprint density at radius 2 is 1.61 bits per heavy atom. The Morgan fingerprint density at radius 3 is 2.24 bits per heavy atom. The van der Waals surface area contributed by atoms with Gasteiger partial charge in [-0.2, -0.15) is 5.10 Å². The molecule has 9 nitrogen and oxygen atoms in total. The molecule has 0 radical (unpaired) electrons. The van der Waals surface area contributed by atoms with E-state index in [4.69, 9.17) is 9.47 Å². The van der Waals surface area contributed by atoms with Crippen molar-refractivity contribution in [1.82, 2.24) is 9.78 Å². The van der Waals surface area contributed by atoms with Crippen LogP contribution in [0.3, 0.4) is 0 Å². The smallest absolute Gasteiger partial charge is 0.340 e. The number of esters is 2. The minimum absolute atomic E-state index is 0.0253. The molecule has 0 unspecified atom stereocenters. The molecule has 33 heavy (non-hydrogen) atoms. The van der Waals surface area contributed by atoms with Gasteiger partial charge < -0.3 is 9.47 Å². The van der Waals surface area contributed by atoms with Crippen LogP contribution in [0.1, 0.15) is 46.0 Å². The molecule has 0 aliphatic heterocycles. The second-order valence-corrected chi connectivity index (χ2v) is 8.67. The Bertz CT molecular complexity index is 1280. The molecule has 1 aromatic heterocycles. The number of carbonyl (C=O) groups is 2. The lowest BCUT2D eigenvalue weighted by molar-refractivity contribution is 0.0512. The summed E-state index contributed by atoms with van der Waals surface area (Å²) >= 11 is 0.